The van der Waals surface area contributed by atoms with E-state index in [4.69, 9.17) is 0 Å². The number of rotatable bonds is 2. The van der Waals surface area contributed by atoms with Crippen molar-refractivity contribution < 1.29 is 0 Å². The fourth-order valence-electron chi connectivity index (χ4n) is 10.1. The van der Waals surface area contributed by atoms with Gasteiger partial charge in [0.2, 0.25) is 0 Å². The lowest BCUT2D eigenvalue weighted by Crippen LogP contribution is -2.15. The first kappa shape index (κ1) is 29.7. The van der Waals surface area contributed by atoms with Crippen molar-refractivity contribution in [3.63, 3.8) is 0 Å². The molecule has 2 aliphatic rings. The van der Waals surface area contributed by atoms with Gasteiger partial charge in [-0.1, -0.05) is 161 Å². The molecule has 0 fully saturated rings. The van der Waals surface area contributed by atoms with Crippen LogP contribution in [-0.4, -0.2) is 0 Å². The standard InChI is InChI=1S/C52H38/c1-51(2)45-26-25-33(28-41(45)42-27-31-15-5-6-16-32(31)29-46(42)51)48-36-19-9-11-21-38(36)49(39-22-12-10-20-37(39)48)43-30-47-50(35-18-8-7-17-34(35)43)40-23-13-14-24-44(40)52(47,3)4/h5-30H,1-4H3. The van der Waals surface area contributed by atoms with Crippen LogP contribution in [0.1, 0.15) is 49.9 Å². The number of hydrogen-bond acceptors (Lipinski definition) is 0. The molecule has 0 radical (unpaired) electrons. The molecule has 0 bridgehead atoms. The van der Waals surface area contributed by atoms with Crippen LogP contribution in [0.2, 0.25) is 0 Å². The van der Waals surface area contributed by atoms with E-state index in [0.29, 0.717) is 0 Å². The molecule has 0 saturated heterocycles. The topological polar surface area (TPSA) is 0 Å². The summed E-state index contributed by atoms with van der Waals surface area (Å²) in [6, 6.07) is 59.7. The third kappa shape index (κ3) is 3.82. The van der Waals surface area contributed by atoms with Crippen LogP contribution in [-0.2, 0) is 10.8 Å². The highest BCUT2D eigenvalue weighted by molar-refractivity contribution is 6.24. The van der Waals surface area contributed by atoms with E-state index >= 15 is 0 Å². The van der Waals surface area contributed by atoms with E-state index in [-0.39, 0.29) is 10.8 Å². The summed E-state index contributed by atoms with van der Waals surface area (Å²) < 4.78 is 0. The zero-order valence-corrected chi connectivity index (χ0v) is 30.0. The fourth-order valence-corrected chi connectivity index (χ4v) is 10.1. The largest absolute Gasteiger partial charge is 0.0619 e. The van der Waals surface area contributed by atoms with Crippen molar-refractivity contribution in [2.24, 2.45) is 0 Å². The van der Waals surface area contributed by atoms with E-state index in [2.05, 4.69) is 185 Å². The quantitative estimate of drug-likeness (QED) is 0.162. The van der Waals surface area contributed by atoms with Crippen LogP contribution in [0.4, 0.5) is 0 Å². The van der Waals surface area contributed by atoms with Crippen molar-refractivity contribution in [3.8, 4) is 44.5 Å². The van der Waals surface area contributed by atoms with Gasteiger partial charge in [-0.05, 0) is 134 Å². The minimum atomic E-state index is -0.101. The van der Waals surface area contributed by atoms with Crippen LogP contribution in [0.15, 0.2) is 158 Å². The number of benzene rings is 9. The predicted octanol–water partition coefficient (Wildman–Crippen LogP) is 14.2. The molecule has 0 aromatic heterocycles. The van der Waals surface area contributed by atoms with Gasteiger partial charge in [-0.15, -0.1) is 0 Å². The highest BCUT2D eigenvalue weighted by Crippen LogP contribution is 2.56. The Morgan fingerprint density at radius 3 is 1.44 bits per heavy atom. The van der Waals surface area contributed by atoms with Gasteiger partial charge in [-0.25, -0.2) is 0 Å². The molecule has 2 aliphatic carbocycles. The molecular weight excluding hydrogens is 625 g/mol. The fraction of sp³-hybridized carbons (Fsp3) is 0.115. The summed E-state index contributed by atoms with van der Waals surface area (Å²) in [5, 5.41) is 10.4. The first-order chi connectivity index (χ1) is 25.3. The van der Waals surface area contributed by atoms with Gasteiger partial charge < -0.3 is 0 Å². The van der Waals surface area contributed by atoms with Gasteiger partial charge in [-0.2, -0.15) is 0 Å². The van der Waals surface area contributed by atoms with Crippen LogP contribution >= 0.6 is 0 Å². The van der Waals surface area contributed by atoms with Gasteiger partial charge in [0.1, 0.15) is 0 Å². The molecule has 0 heterocycles. The van der Waals surface area contributed by atoms with Gasteiger partial charge in [0.15, 0.2) is 0 Å². The van der Waals surface area contributed by atoms with Crippen molar-refractivity contribution in [2.45, 2.75) is 38.5 Å². The van der Waals surface area contributed by atoms with E-state index in [1.807, 2.05) is 0 Å². The van der Waals surface area contributed by atoms with Crippen molar-refractivity contribution in [3.05, 3.63) is 180 Å². The van der Waals surface area contributed by atoms with Crippen LogP contribution in [0.25, 0.3) is 87.6 Å². The average molecular weight is 663 g/mol. The summed E-state index contributed by atoms with van der Waals surface area (Å²) in [6.07, 6.45) is 0. The van der Waals surface area contributed by atoms with Gasteiger partial charge >= 0.3 is 0 Å². The molecule has 52 heavy (non-hydrogen) atoms. The molecule has 0 nitrogen and oxygen atoms in total. The second-order valence-corrected chi connectivity index (χ2v) is 16.0. The molecule has 9 aromatic carbocycles. The molecule has 0 amide bonds. The third-order valence-corrected chi connectivity index (χ3v) is 12.6. The molecule has 0 aliphatic heterocycles. The van der Waals surface area contributed by atoms with E-state index in [9.17, 15) is 0 Å². The Bertz CT molecular complexity index is 2950. The Morgan fingerprint density at radius 1 is 0.288 bits per heavy atom. The molecule has 0 unspecified atom stereocenters. The minimum absolute atomic E-state index is 0.0662. The van der Waals surface area contributed by atoms with Crippen LogP contribution in [0.5, 0.6) is 0 Å². The molecule has 246 valence electrons. The molecule has 11 rings (SSSR count). The Kier molecular flexibility index (Phi) is 5.89. The third-order valence-electron chi connectivity index (χ3n) is 12.6. The maximum absolute atomic E-state index is 2.53. The summed E-state index contributed by atoms with van der Waals surface area (Å²) in [5.74, 6) is 0. The second kappa shape index (κ2) is 10.3. The first-order valence-corrected chi connectivity index (χ1v) is 18.6. The lowest BCUT2D eigenvalue weighted by Gasteiger charge is -2.24. The normalized spacial score (nSPS) is 14.8. The molecular formula is C52H38. The molecule has 0 heteroatoms. The highest BCUT2D eigenvalue weighted by Gasteiger charge is 2.38. The maximum atomic E-state index is 2.53. The monoisotopic (exact) mass is 662 g/mol. The first-order valence-electron chi connectivity index (χ1n) is 18.6. The van der Waals surface area contributed by atoms with E-state index < -0.39 is 0 Å². The van der Waals surface area contributed by atoms with Gasteiger partial charge in [-0.3, -0.25) is 0 Å². The van der Waals surface area contributed by atoms with E-state index in [1.54, 1.807) is 0 Å². The van der Waals surface area contributed by atoms with Crippen LogP contribution in [0.3, 0.4) is 0 Å². The summed E-state index contributed by atoms with van der Waals surface area (Å²) in [4.78, 5) is 0. The van der Waals surface area contributed by atoms with Gasteiger partial charge in [0, 0.05) is 10.8 Å². The summed E-state index contributed by atoms with van der Waals surface area (Å²) in [6.45, 7) is 9.55. The van der Waals surface area contributed by atoms with E-state index in [1.165, 1.54) is 110 Å². The SMILES string of the molecule is CC1(C)c2ccc(-c3c4ccccc4c(-c4cc5c(c6ccccc46)-c4ccccc4C5(C)C)c4ccccc34)cc2-c2cc3ccccc3cc21. The molecule has 9 aromatic rings. The number of hydrogen-bond donors (Lipinski definition) is 0. The van der Waals surface area contributed by atoms with Gasteiger partial charge in [0.25, 0.3) is 0 Å². The second-order valence-electron chi connectivity index (χ2n) is 16.0. The lowest BCUT2D eigenvalue weighted by atomic mass is 9.78. The van der Waals surface area contributed by atoms with Crippen LogP contribution < -0.4 is 0 Å². The Hall–Kier alpha value is -5.98. The van der Waals surface area contributed by atoms with Crippen molar-refractivity contribution in [1.29, 1.82) is 0 Å². The molecule has 0 N–H and O–H groups in total. The zero-order chi connectivity index (χ0) is 34.9. The highest BCUT2D eigenvalue weighted by atomic mass is 14.4. The van der Waals surface area contributed by atoms with Gasteiger partial charge in [0.05, 0.1) is 0 Å². The summed E-state index contributed by atoms with van der Waals surface area (Å²) in [5.41, 5.74) is 16.1. The van der Waals surface area contributed by atoms with Crippen molar-refractivity contribution >= 4 is 43.1 Å². The minimum Gasteiger partial charge on any atom is -0.0619 e. The smallest absolute Gasteiger partial charge is 0.0159 e. The van der Waals surface area contributed by atoms with Crippen LogP contribution in [0, 0.1) is 0 Å². The summed E-state index contributed by atoms with van der Waals surface area (Å²) >= 11 is 0. The number of fused-ring (bicyclic) bond motifs is 11. The Labute approximate surface area is 305 Å². The molecule has 0 spiro atoms. The van der Waals surface area contributed by atoms with Crippen molar-refractivity contribution in [2.75, 3.05) is 0 Å². The maximum Gasteiger partial charge on any atom is 0.0159 e. The Balaban J connectivity index is 1.21. The Morgan fingerprint density at radius 2 is 0.769 bits per heavy atom. The summed E-state index contributed by atoms with van der Waals surface area (Å²) in [7, 11) is 0. The zero-order valence-electron chi connectivity index (χ0n) is 30.0. The van der Waals surface area contributed by atoms with E-state index in [0.717, 1.165) is 0 Å². The molecule has 0 atom stereocenters. The average Bonchev–Trinajstić information content (AvgIpc) is 3.54. The predicted molar refractivity (Wildman–Crippen MR) is 222 cm³/mol. The molecule has 0 saturated carbocycles. The van der Waals surface area contributed by atoms with Crippen molar-refractivity contribution in [1.82, 2.24) is 0 Å². The lowest BCUT2D eigenvalue weighted by molar-refractivity contribution is 0.661.